The lowest BCUT2D eigenvalue weighted by atomic mass is 9.94. The fourth-order valence-corrected chi connectivity index (χ4v) is 6.76. The molecule has 8 rings (SSSR count). The van der Waals surface area contributed by atoms with Crippen molar-refractivity contribution in [3.63, 3.8) is 0 Å². The fourth-order valence-electron chi connectivity index (χ4n) is 6.76. The standard InChI is InChI=1S/C16H16.C13H12O.C13H10/c1-4-8-15-12(3)11-13-9-6-7-10-16(13)14(15)5-2;1-13(14)8-10-6-2-4-9-5-3-7-11(13)12(9)10;1-9-8-11-6-2-4-10-5-3-7-12(9)13(10)11/h4-11H,2H2,1,3H3;2-7,14H,8H2,1H3;2-8H,1H3/b8-4-;;. The summed E-state index contributed by atoms with van der Waals surface area (Å²) in [6.45, 7) is 12.2. The molecule has 0 radical (unpaired) electrons. The molecular weight excluding hydrogens is 520 g/mol. The van der Waals surface area contributed by atoms with Gasteiger partial charge in [0, 0.05) is 6.42 Å². The van der Waals surface area contributed by atoms with E-state index < -0.39 is 5.60 Å². The summed E-state index contributed by atoms with van der Waals surface area (Å²) in [5.41, 5.74) is 9.61. The van der Waals surface area contributed by atoms with Crippen LogP contribution in [0.5, 0.6) is 0 Å². The molecule has 0 fully saturated rings. The molecule has 6 aromatic rings. The van der Waals surface area contributed by atoms with Crippen LogP contribution in [0.1, 0.15) is 59.7 Å². The highest BCUT2D eigenvalue weighted by Gasteiger charge is 2.32. The summed E-state index contributed by atoms with van der Waals surface area (Å²) in [6.07, 6.45) is 9.18. The van der Waals surface area contributed by atoms with Crippen molar-refractivity contribution in [2.45, 2.75) is 39.7 Å². The van der Waals surface area contributed by atoms with Gasteiger partial charge in [-0.05, 0) is 105 Å². The van der Waals surface area contributed by atoms with Gasteiger partial charge in [0.1, 0.15) is 0 Å². The summed E-state index contributed by atoms with van der Waals surface area (Å²) in [4.78, 5) is 0. The lowest BCUT2D eigenvalue weighted by Gasteiger charge is -2.17. The van der Waals surface area contributed by atoms with Gasteiger partial charge < -0.3 is 5.11 Å². The van der Waals surface area contributed by atoms with Crippen LogP contribution in [-0.4, -0.2) is 5.11 Å². The molecule has 0 aromatic heterocycles. The largest absolute Gasteiger partial charge is 0.385 e. The van der Waals surface area contributed by atoms with E-state index in [1.807, 2.05) is 32.1 Å². The van der Waals surface area contributed by atoms with E-state index in [1.165, 1.54) is 71.3 Å². The van der Waals surface area contributed by atoms with Crippen molar-refractivity contribution in [1.29, 1.82) is 0 Å². The molecule has 2 aliphatic carbocycles. The minimum absolute atomic E-state index is 0.677. The summed E-state index contributed by atoms with van der Waals surface area (Å²) >= 11 is 0. The highest BCUT2D eigenvalue weighted by Crippen LogP contribution is 2.40. The molecule has 0 bridgehead atoms. The van der Waals surface area contributed by atoms with Crippen LogP contribution in [0.15, 0.2) is 116 Å². The Hall–Kier alpha value is -4.72. The number of rotatable bonds is 2. The first-order valence-corrected chi connectivity index (χ1v) is 15.0. The Morgan fingerprint density at radius 2 is 1.40 bits per heavy atom. The molecule has 2 aliphatic rings. The molecule has 0 spiro atoms. The van der Waals surface area contributed by atoms with Crippen LogP contribution in [0.2, 0.25) is 0 Å². The second kappa shape index (κ2) is 11.5. The monoisotopic (exact) mass is 558 g/mol. The third kappa shape index (κ3) is 5.22. The van der Waals surface area contributed by atoms with Gasteiger partial charge in [0.2, 0.25) is 0 Å². The van der Waals surface area contributed by atoms with Gasteiger partial charge in [0.15, 0.2) is 0 Å². The molecule has 1 nitrogen and oxygen atoms in total. The van der Waals surface area contributed by atoms with Crippen molar-refractivity contribution in [1.82, 2.24) is 0 Å². The second-order valence-electron chi connectivity index (χ2n) is 11.8. The molecular formula is C42H38O. The van der Waals surface area contributed by atoms with Crippen molar-refractivity contribution in [3.8, 4) is 0 Å². The average molecular weight is 559 g/mol. The van der Waals surface area contributed by atoms with E-state index in [2.05, 4.69) is 130 Å². The Kier molecular flexibility index (Phi) is 7.61. The summed E-state index contributed by atoms with van der Waals surface area (Å²) < 4.78 is 0. The summed E-state index contributed by atoms with van der Waals surface area (Å²) in [5.74, 6) is 0. The van der Waals surface area contributed by atoms with Gasteiger partial charge in [0.05, 0.1) is 5.60 Å². The van der Waals surface area contributed by atoms with Crippen LogP contribution in [0.25, 0.3) is 56.1 Å². The van der Waals surface area contributed by atoms with E-state index in [-0.39, 0.29) is 0 Å². The zero-order valence-electron chi connectivity index (χ0n) is 25.5. The Bertz CT molecular complexity index is 2060. The van der Waals surface area contributed by atoms with Gasteiger partial charge in [-0.1, -0.05) is 134 Å². The quantitative estimate of drug-likeness (QED) is 0.224. The number of hydrogen-bond acceptors (Lipinski definition) is 1. The van der Waals surface area contributed by atoms with Crippen LogP contribution < -0.4 is 0 Å². The maximum atomic E-state index is 10.2. The fraction of sp³-hybridized carbons (Fsp3) is 0.143. The molecule has 1 unspecified atom stereocenters. The Morgan fingerprint density at radius 3 is 2.14 bits per heavy atom. The van der Waals surface area contributed by atoms with Gasteiger partial charge >= 0.3 is 0 Å². The first kappa shape index (κ1) is 28.4. The second-order valence-corrected chi connectivity index (χ2v) is 11.8. The number of hydrogen-bond donors (Lipinski definition) is 1. The predicted octanol–water partition coefficient (Wildman–Crippen LogP) is 11.1. The Balaban J connectivity index is 0.000000115. The molecule has 0 amide bonds. The topological polar surface area (TPSA) is 20.2 Å². The molecule has 212 valence electrons. The third-order valence-electron chi connectivity index (χ3n) is 8.72. The lowest BCUT2D eigenvalue weighted by molar-refractivity contribution is 0.0646. The zero-order chi connectivity index (χ0) is 30.1. The van der Waals surface area contributed by atoms with Gasteiger partial charge in [-0.3, -0.25) is 0 Å². The molecule has 6 aromatic carbocycles. The molecule has 1 heteroatoms. The van der Waals surface area contributed by atoms with E-state index in [4.69, 9.17) is 0 Å². The van der Waals surface area contributed by atoms with Crippen molar-refractivity contribution in [2.24, 2.45) is 0 Å². The van der Waals surface area contributed by atoms with E-state index >= 15 is 0 Å². The van der Waals surface area contributed by atoms with Gasteiger partial charge in [-0.2, -0.15) is 0 Å². The maximum Gasteiger partial charge on any atom is 0.0915 e. The normalized spacial score (nSPS) is 16.2. The molecule has 0 aliphatic heterocycles. The number of aryl methyl sites for hydroxylation is 1. The smallest absolute Gasteiger partial charge is 0.0915 e. The molecule has 1 atom stereocenters. The lowest BCUT2D eigenvalue weighted by Crippen LogP contribution is -2.19. The van der Waals surface area contributed by atoms with Crippen LogP contribution in [0, 0.1) is 6.92 Å². The Labute approximate surface area is 255 Å². The van der Waals surface area contributed by atoms with Crippen LogP contribution in [-0.2, 0) is 12.0 Å². The molecule has 0 saturated carbocycles. The third-order valence-corrected chi connectivity index (χ3v) is 8.72. The molecule has 43 heavy (non-hydrogen) atoms. The van der Waals surface area contributed by atoms with Crippen LogP contribution >= 0.6 is 0 Å². The zero-order valence-corrected chi connectivity index (χ0v) is 25.5. The summed E-state index contributed by atoms with van der Waals surface area (Å²) in [7, 11) is 0. The van der Waals surface area contributed by atoms with E-state index in [0.29, 0.717) is 0 Å². The summed E-state index contributed by atoms with van der Waals surface area (Å²) in [5, 5.41) is 18.0. The van der Waals surface area contributed by atoms with Crippen LogP contribution in [0.4, 0.5) is 0 Å². The Morgan fingerprint density at radius 1 is 0.744 bits per heavy atom. The van der Waals surface area contributed by atoms with Gasteiger partial charge in [0.25, 0.3) is 0 Å². The van der Waals surface area contributed by atoms with Crippen molar-refractivity contribution < 1.29 is 5.11 Å². The minimum Gasteiger partial charge on any atom is -0.385 e. The van der Waals surface area contributed by atoms with Gasteiger partial charge in [-0.25, -0.2) is 0 Å². The first-order chi connectivity index (χ1) is 20.8. The first-order valence-electron chi connectivity index (χ1n) is 15.0. The number of aliphatic hydroxyl groups is 1. The molecule has 0 saturated heterocycles. The number of allylic oxidation sites excluding steroid dienone is 2. The SMILES string of the molecule is C=Cc1c(/C=C\C)c(C)cc2ccccc12.CC1(O)Cc2cccc3cccc1c23.CC1=Cc2cccc3cccc1c23. The maximum absolute atomic E-state index is 10.2. The van der Waals surface area contributed by atoms with Crippen molar-refractivity contribution >= 4 is 56.1 Å². The van der Waals surface area contributed by atoms with E-state index in [9.17, 15) is 5.11 Å². The highest BCUT2D eigenvalue weighted by atomic mass is 16.3. The minimum atomic E-state index is -0.677. The highest BCUT2D eigenvalue weighted by molar-refractivity contribution is 6.08. The van der Waals surface area contributed by atoms with Crippen molar-refractivity contribution in [3.05, 3.63) is 155 Å². The van der Waals surface area contributed by atoms with Crippen molar-refractivity contribution in [2.75, 3.05) is 0 Å². The average Bonchev–Trinajstić information content (AvgIpc) is 3.48. The van der Waals surface area contributed by atoms with Crippen LogP contribution in [0.3, 0.4) is 0 Å². The molecule has 0 heterocycles. The summed E-state index contributed by atoms with van der Waals surface area (Å²) in [6, 6.07) is 36.1. The van der Waals surface area contributed by atoms with E-state index in [1.54, 1.807) is 0 Å². The molecule has 1 N–H and O–H groups in total. The predicted molar refractivity (Wildman–Crippen MR) is 188 cm³/mol. The number of benzene rings is 6. The number of fused-ring (bicyclic) bond motifs is 1. The van der Waals surface area contributed by atoms with E-state index in [0.717, 1.165) is 12.0 Å². The van der Waals surface area contributed by atoms with Gasteiger partial charge in [-0.15, -0.1) is 0 Å².